The molecule has 2 rings (SSSR count). The van der Waals surface area contributed by atoms with Gasteiger partial charge in [0.1, 0.15) is 0 Å². The predicted molar refractivity (Wildman–Crippen MR) is 113 cm³/mol. The molecule has 0 aliphatic heterocycles. The minimum absolute atomic E-state index is 0.0474. The molecule has 0 aliphatic rings. The van der Waals surface area contributed by atoms with Crippen molar-refractivity contribution in [3.63, 3.8) is 0 Å². The highest BCUT2D eigenvalue weighted by atomic mass is 32.2. The van der Waals surface area contributed by atoms with Crippen LogP contribution < -0.4 is 10.0 Å². The average molecular weight is 416 g/mol. The van der Waals surface area contributed by atoms with E-state index in [1.54, 1.807) is 0 Å². The standard InChI is InChI=1S/C21H25N3O4S/c1-5-12-22-29(27,28)18-10-8-17(9-11-18)21(26)24(4)14-20(25)23-19-13-15(2)6-7-16(19)3/h5-11,13,22H,1,12,14H2,2-4H3,(H,23,25). The van der Waals surface area contributed by atoms with Crippen molar-refractivity contribution in [2.75, 3.05) is 25.5 Å². The molecule has 2 amide bonds. The SMILES string of the molecule is C=CCNS(=O)(=O)c1ccc(C(=O)N(C)CC(=O)Nc2cc(C)ccc2C)cc1. The highest BCUT2D eigenvalue weighted by Crippen LogP contribution is 2.16. The molecular formula is C21H25N3O4S. The van der Waals surface area contributed by atoms with E-state index in [-0.39, 0.29) is 35.4 Å². The van der Waals surface area contributed by atoms with E-state index in [9.17, 15) is 18.0 Å². The molecule has 0 radical (unpaired) electrons. The maximum atomic E-state index is 12.6. The van der Waals surface area contributed by atoms with Crippen LogP contribution in [0.5, 0.6) is 0 Å². The minimum Gasteiger partial charge on any atom is -0.332 e. The third-order valence-corrected chi connectivity index (χ3v) is 5.66. The lowest BCUT2D eigenvalue weighted by Crippen LogP contribution is -2.35. The Morgan fingerprint density at radius 2 is 1.76 bits per heavy atom. The molecule has 154 valence electrons. The van der Waals surface area contributed by atoms with Crippen LogP contribution in [0.15, 0.2) is 60.0 Å². The highest BCUT2D eigenvalue weighted by Gasteiger charge is 2.18. The topological polar surface area (TPSA) is 95.6 Å². The number of hydrogen-bond acceptors (Lipinski definition) is 4. The summed E-state index contributed by atoms with van der Waals surface area (Å²) in [6, 6.07) is 11.3. The number of amides is 2. The van der Waals surface area contributed by atoms with Crippen LogP contribution in [0.25, 0.3) is 0 Å². The van der Waals surface area contributed by atoms with E-state index in [0.29, 0.717) is 5.69 Å². The van der Waals surface area contributed by atoms with E-state index in [1.807, 2.05) is 32.0 Å². The van der Waals surface area contributed by atoms with Gasteiger partial charge in [0.2, 0.25) is 15.9 Å². The van der Waals surface area contributed by atoms with Gasteiger partial charge in [-0.1, -0.05) is 18.2 Å². The number of anilines is 1. The largest absolute Gasteiger partial charge is 0.332 e. The van der Waals surface area contributed by atoms with Gasteiger partial charge >= 0.3 is 0 Å². The first-order valence-corrected chi connectivity index (χ1v) is 10.5. The van der Waals surface area contributed by atoms with E-state index < -0.39 is 10.0 Å². The number of sulfonamides is 1. The van der Waals surface area contributed by atoms with E-state index in [0.717, 1.165) is 11.1 Å². The van der Waals surface area contributed by atoms with Gasteiger partial charge in [0.25, 0.3) is 5.91 Å². The lowest BCUT2D eigenvalue weighted by molar-refractivity contribution is -0.116. The van der Waals surface area contributed by atoms with Gasteiger partial charge in [0.05, 0.1) is 11.4 Å². The first-order chi connectivity index (χ1) is 13.6. The van der Waals surface area contributed by atoms with Crippen LogP contribution in [0.2, 0.25) is 0 Å². The molecule has 0 fully saturated rings. The summed E-state index contributed by atoms with van der Waals surface area (Å²) in [5.41, 5.74) is 2.94. The number of carbonyl (C=O) groups is 2. The van der Waals surface area contributed by atoms with E-state index >= 15 is 0 Å². The van der Waals surface area contributed by atoms with Gasteiger partial charge in [-0.2, -0.15) is 0 Å². The average Bonchev–Trinajstić information content (AvgIpc) is 2.68. The molecule has 0 bridgehead atoms. The van der Waals surface area contributed by atoms with E-state index in [4.69, 9.17) is 0 Å². The van der Waals surface area contributed by atoms with Crippen molar-refractivity contribution in [1.29, 1.82) is 0 Å². The number of aryl methyl sites for hydroxylation is 2. The lowest BCUT2D eigenvalue weighted by Gasteiger charge is -2.18. The summed E-state index contributed by atoms with van der Waals surface area (Å²) in [4.78, 5) is 26.2. The molecule has 0 atom stereocenters. The van der Waals surface area contributed by atoms with E-state index in [2.05, 4.69) is 16.6 Å². The summed E-state index contributed by atoms with van der Waals surface area (Å²) < 4.78 is 26.5. The van der Waals surface area contributed by atoms with E-state index in [1.165, 1.54) is 42.3 Å². The van der Waals surface area contributed by atoms with Crippen LogP contribution in [0, 0.1) is 13.8 Å². The second-order valence-corrected chi connectivity index (χ2v) is 8.46. The fraction of sp³-hybridized carbons (Fsp3) is 0.238. The molecule has 0 unspecified atom stereocenters. The third kappa shape index (κ3) is 6.00. The maximum Gasteiger partial charge on any atom is 0.254 e. The fourth-order valence-corrected chi connectivity index (χ4v) is 3.59. The molecule has 7 nitrogen and oxygen atoms in total. The number of rotatable bonds is 8. The van der Waals surface area contributed by atoms with Crippen molar-refractivity contribution in [1.82, 2.24) is 9.62 Å². The summed E-state index contributed by atoms with van der Waals surface area (Å²) in [5, 5.41) is 2.81. The summed E-state index contributed by atoms with van der Waals surface area (Å²) in [6.45, 7) is 7.27. The Bertz CT molecular complexity index is 1010. The van der Waals surface area contributed by atoms with Crippen LogP contribution in [-0.2, 0) is 14.8 Å². The highest BCUT2D eigenvalue weighted by molar-refractivity contribution is 7.89. The van der Waals surface area contributed by atoms with Crippen molar-refractivity contribution in [2.24, 2.45) is 0 Å². The Balaban J connectivity index is 2.03. The number of likely N-dealkylation sites (N-methyl/N-ethyl adjacent to an activating group) is 1. The molecule has 2 N–H and O–H groups in total. The van der Waals surface area contributed by atoms with Gasteiger partial charge in [-0.3, -0.25) is 9.59 Å². The lowest BCUT2D eigenvalue weighted by atomic mass is 10.1. The van der Waals surface area contributed by atoms with Gasteiger partial charge in [-0.25, -0.2) is 13.1 Å². The van der Waals surface area contributed by atoms with Crippen LogP contribution in [0.3, 0.4) is 0 Å². The van der Waals surface area contributed by atoms with Crippen LogP contribution in [-0.4, -0.2) is 45.3 Å². The molecule has 2 aromatic rings. The van der Waals surface area contributed by atoms with Crippen LogP contribution in [0.4, 0.5) is 5.69 Å². The van der Waals surface area contributed by atoms with Gasteiger partial charge in [-0.05, 0) is 55.3 Å². The Hall–Kier alpha value is -2.97. The smallest absolute Gasteiger partial charge is 0.254 e. The van der Waals surface area contributed by atoms with Crippen molar-refractivity contribution in [3.05, 3.63) is 71.8 Å². The summed E-state index contributed by atoms with van der Waals surface area (Å²) in [6.07, 6.45) is 1.44. The zero-order valence-corrected chi connectivity index (χ0v) is 17.5. The third-order valence-electron chi connectivity index (χ3n) is 4.22. The molecular weight excluding hydrogens is 390 g/mol. The van der Waals surface area contributed by atoms with Gasteiger partial charge in [0.15, 0.2) is 0 Å². The number of carbonyl (C=O) groups excluding carboxylic acids is 2. The zero-order chi connectivity index (χ0) is 21.6. The maximum absolute atomic E-state index is 12.6. The summed E-state index contributed by atoms with van der Waals surface area (Å²) in [5.74, 6) is -0.702. The Morgan fingerprint density at radius 3 is 2.38 bits per heavy atom. The van der Waals surface area contributed by atoms with Gasteiger partial charge in [0, 0.05) is 24.8 Å². The summed E-state index contributed by atoms with van der Waals surface area (Å²) in [7, 11) is -2.14. The van der Waals surface area contributed by atoms with Crippen molar-refractivity contribution >= 4 is 27.5 Å². The Kier molecular flexibility index (Phi) is 7.30. The normalized spacial score (nSPS) is 11.0. The number of nitrogens with one attached hydrogen (secondary N) is 2. The van der Waals surface area contributed by atoms with Crippen LogP contribution >= 0.6 is 0 Å². The van der Waals surface area contributed by atoms with Gasteiger partial charge in [-0.15, -0.1) is 6.58 Å². The van der Waals surface area contributed by atoms with Crippen molar-refractivity contribution < 1.29 is 18.0 Å². The second-order valence-electron chi connectivity index (χ2n) is 6.69. The first-order valence-electron chi connectivity index (χ1n) is 8.97. The number of hydrogen-bond donors (Lipinski definition) is 2. The number of benzene rings is 2. The molecule has 29 heavy (non-hydrogen) atoms. The second kappa shape index (κ2) is 9.49. The van der Waals surface area contributed by atoms with Crippen molar-refractivity contribution in [3.8, 4) is 0 Å². The van der Waals surface area contributed by atoms with Crippen LogP contribution in [0.1, 0.15) is 21.5 Å². The van der Waals surface area contributed by atoms with Crippen molar-refractivity contribution in [2.45, 2.75) is 18.7 Å². The Morgan fingerprint density at radius 1 is 1.10 bits per heavy atom. The molecule has 0 aliphatic carbocycles. The molecule has 0 aromatic heterocycles. The molecule has 2 aromatic carbocycles. The molecule has 0 heterocycles. The minimum atomic E-state index is -3.66. The fourth-order valence-electron chi connectivity index (χ4n) is 2.60. The molecule has 0 saturated carbocycles. The Labute approximate surface area is 171 Å². The predicted octanol–water partition coefficient (Wildman–Crippen LogP) is 2.48. The number of nitrogens with zero attached hydrogens (tertiary/aromatic N) is 1. The molecule has 8 heteroatoms. The first kappa shape index (κ1) is 22.3. The monoisotopic (exact) mass is 415 g/mol. The molecule has 0 saturated heterocycles. The summed E-state index contributed by atoms with van der Waals surface area (Å²) >= 11 is 0. The molecule has 0 spiro atoms. The zero-order valence-electron chi connectivity index (χ0n) is 16.7. The quantitative estimate of drug-likeness (QED) is 0.648. The van der Waals surface area contributed by atoms with Gasteiger partial charge < -0.3 is 10.2 Å².